The molecule has 10 nitrogen and oxygen atoms in total. The summed E-state index contributed by atoms with van der Waals surface area (Å²) in [6, 6.07) is 12.0. The Morgan fingerprint density at radius 3 is 2.45 bits per heavy atom. The van der Waals surface area contributed by atoms with Crippen molar-refractivity contribution in [3.8, 4) is 28.5 Å². The van der Waals surface area contributed by atoms with Gasteiger partial charge in [-0.05, 0) is 55.7 Å². The zero-order chi connectivity index (χ0) is 29.4. The molecule has 1 saturated heterocycles. The SMILES string of the molecule is CCc1nc2ccc(-c3cnc(C(=O)N4CCC(O)CC4)nc3)cn2c1N(C)c1nc(-c2ccc(F)cc2)c(C#N)s1. The molecule has 0 saturated carbocycles. The molecule has 6 rings (SSSR count). The van der Waals surface area contributed by atoms with Crippen LogP contribution in [0.1, 0.15) is 41.0 Å². The number of nitriles is 1. The summed E-state index contributed by atoms with van der Waals surface area (Å²) in [4.78, 5) is 35.1. The summed E-state index contributed by atoms with van der Waals surface area (Å²) in [6.07, 6.45) is 6.63. The Labute approximate surface area is 245 Å². The monoisotopic (exact) mass is 582 g/mol. The summed E-state index contributed by atoms with van der Waals surface area (Å²) in [5, 5.41) is 20.1. The Kier molecular flexibility index (Phi) is 7.36. The van der Waals surface area contributed by atoms with Gasteiger partial charge in [0.25, 0.3) is 5.91 Å². The minimum Gasteiger partial charge on any atom is -0.393 e. The van der Waals surface area contributed by atoms with E-state index < -0.39 is 0 Å². The van der Waals surface area contributed by atoms with E-state index in [1.807, 2.05) is 41.6 Å². The number of aliphatic hydroxyl groups is 1. The fourth-order valence-corrected chi connectivity index (χ4v) is 5.91. The van der Waals surface area contributed by atoms with Gasteiger partial charge in [0, 0.05) is 55.4 Å². The van der Waals surface area contributed by atoms with Crippen molar-refractivity contribution in [2.75, 3.05) is 25.0 Å². The first-order valence-electron chi connectivity index (χ1n) is 13.6. The van der Waals surface area contributed by atoms with Gasteiger partial charge in [-0.2, -0.15) is 5.26 Å². The van der Waals surface area contributed by atoms with Crippen LogP contribution < -0.4 is 4.90 Å². The Morgan fingerprint density at radius 1 is 1.10 bits per heavy atom. The quantitative estimate of drug-likeness (QED) is 0.301. The molecule has 0 atom stereocenters. The maximum Gasteiger partial charge on any atom is 0.291 e. The number of aryl methyl sites for hydroxylation is 1. The Balaban J connectivity index is 1.33. The number of carbonyl (C=O) groups excluding carboxylic acids is 1. The van der Waals surface area contributed by atoms with E-state index in [9.17, 15) is 19.6 Å². The third-order valence-electron chi connectivity index (χ3n) is 7.37. The average molecular weight is 583 g/mol. The number of anilines is 2. The lowest BCUT2D eigenvalue weighted by Crippen LogP contribution is -2.40. The van der Waals surface area contributed by atoms with Crippen LogP contribution in [0.15, 0.2) is 55.0 Å². The van der Waals surface area contributed by atoms with Crippen molar-refractivity contribution in [2.45, 2.75) is 32.3 Å². The largest absolute Gasteiger partial charge is 0.393 e. The van der Waals surface area contributed by atoms with Crippen LogP contribution in [-0.4, -0.2) is 66.5 Å². The number of halogens is 1. The second-order valence-electron chi connectivity index (χ2n) is 10.1. The lowest BCUT2D eigenvalue weighted by molar-refractivity contribution is 0.0536. The van der Waals surface area contributed by atoms with E-state index in [-0.39, 0.29) is 23.7 Å². The number of amides is 1. The first-order valence-corrected chi connectivity index (χ1v) is 14.4. The molecule has 1 aliphatic rings. The van der Waals surface area contributed by atoms with Gasteiger partial charge in [-0.3, -0.25) is 9.20 Å². The summed E-state index contributed by atoms with van der Waals surface area (Å²) in [6.45, 7) is 3.00. The smallest absolute Gasteiger partial charge is 0.291 e. The molecule has 1 aromatic carbocycles. The predicted molar refractivity (Wildman–Crippen MR) is 157 cm³/mol. The van der Waals surface area contributed by atoms with E-state index in [2.05, 4.69) is 16.0 Å². The van der Waals surface area contributed by atoms with Crippen LogP contribution in [0.5, 0.6) is 0 Å². The number of rotatable bonds is 6. The third-order valence-corrected chi connectivity index (χ3v) is 8.40. The number of pyridine rings is 1. The molecule has 12 heteroatoms. The van der Waals surface area contributed by atoms with E-state index in [4.69, 9.17) is 9.97 Å². The van der Waals surface area contributed by atoms with Crippen molar-refractivity contribution in [3.63, 3.8) is 0 Å². The maximum absolute atomic E-state index is 13.5. The van der Waals surface area contributed by atoms with E-state index >= 15 is 0 Å². The van der Waals surface area contributed by atoms with Crippen molar-refractivity contribution in [3.05, 3.63) is 77.2 Å². The van der Waals surface area contributed by atoms with Crippen molar-refractivity contribution in [2.24, 2.45) is 0 Å². The van der Waals surface area contributed by atoms with Crippen LogP contribution in [0.25, 0.3) is 28.0 Å². The molecule has 0 radical (unpaired) electrons. The lowest BCUT2D eigenvalue weighted by atomic mass is 10.1. The molecule has 1 fully saturated rings. The van der Waals surface area contributed by atoms with Crippen molar-refractivity contribution in [1.82, 2.24) is 29.2 Å². The summed E-state index contributed by atoms with van der Waals surface area (Å²) in [7, 11) is 1.88. The number of nitrogens with zero attached hydrogens (tertiary/aromatic N) is 8. The van der Waals surface area contributed by atoms with Gasteiger partial charge in [0.05, 0.1) is 11.8 Å². The molecule has 42 heavy (non-hydrogen) atoms. The van der Waals surface area contributed by atoms with Gasteiger partial charge in [0.2, 0.25) is 5.82 Å². The number of aromatic nitrogens is 5. The molecule has 4 aromatic heterocycles. The van der Waals surface area contributed by atoms with Crippen LogP contribution in [0.3, 0.4) is 0 Å². The Hall–Kier alpha value is -4.73. The fraction of sp³-hybridized carbons (Fsp3) is 0.267. The highest BCUT2D eigenvalue weighted by Crippen LogP contribution is 2.37. The molecular formula is C30H27FN8O2S. The van der Waals surface area contributed by atoms with Crippen LogP contribution >= 0.6 is 11.3 Å². The number of fused-ring (bicyclic) bond motifs is 1. The molecule has 1 aliphatic heterocycles. The van der Waals surface area contributed by atoms with Crippen LogP contribution in [0.4, 0.5) is 15.3 Å². The van der Waals surface area contributed by atoms with Gasteiger partial charge in [0.15, 0.2) is 5.13 Å². The molecule has 1 amide bonds. The Morgan fingerprint density at radius 2 is 1.79 bits per heavy atom. The highest BCUT2D eigenvalue weighted by molar-refractivity contribution is 7.16. The van der Waals surface area contributed by atoms with Crippen molar-refractivity contribution in [1.29, 1.82) is 5.26 Å². The molecule has 0 unspecified atom stereocenters. The first kappa shape index (κ1) is 27.4. The summed E-state index contributed by atoms with van der Waals surface area (Å²) in [5.74, 6) is 0.336. The second kappa shape index (κ2) is 11.3. The van der Waals surface area contributed by atoms with Gasteiger partial charge < -0.3 is 14.9 Å². The number of carbonyl (C=O) groups is 1. The topological polar surface area (TPSA) is 124 Å². The molecule has 0 bridgehead atoms. The van der Waals surface area contributed by atoms with E-state index in [1.165, 1.54) is 23.5 Å². The highest BCUT2D eigenvalue weighted by atomic mass is 32.1. The highest BCUT2D eigenvalue weighted by Gasteiger charge is 2.25. The van der Waals surface area contributed by atoms with Gasteiger partial charge in [-0.15, -0.1) is 0 Å². The summed E-state index contributed by atoms with van der Waals surface area (Å²) in [5.41, 5.74) is 4.34. The summed E-state index contributed by atoms with van der Waals surface area (Å²) >= 11 is 1.26. The molecule has 5 aromatic rings. The number of thiazole rings is 1. The van der Waals surface area contributed by atoms with Gasteiger partial charge in [0.1, 0.15) is 33.9 Å². The Bertz CT molecular complexity index is 1800. The van der Waals surface area contributed by atoms with Crippen LogP contribution in [0.2, 0.25) is 0 Å². The zero-order valence-electron chi connectivity index (χ0n) is 23.0. The lowest BCUT2D eigenvalue weighted by Gasteiger charge is -2.28. The number of hydrogen-bond donors (Lipinski definition) is 1. The second-order valence-corrected chi connectivity index (χ2v) is 11.0. The van der Waals surface area contributed by atoms with E-state index in [0.29, 0.717) is 53.6 Å². The number of imidazole rings is 1. The molecule has 212 valence electrons. The standard InChI is InChI=1S/C30H27FN8O2S/c1-3-23-28(37(2)30-36-26(24(14-32)42-30)18-4-7-21(31)8-5-18)39-17-19(6-9-25(39)35-23)20-15-33-27(34-16-20)29(41)38-12-10-22(40)11-13-38/h4-9,15-17,22,40H,3,10-13H2,1-2H3. The van der Waals surface area contributed by atoms with E-state index in [1.54, 1.807) is 29.4 Å². The maximum atomic E-state index is 13.5. The first-order chi connectivity index (χ1) is 20.4. The van der Waals surface area contributed by atoms with Crippen molar-refractivity contribution >= 4 is 33.8 Å². The number of likely N-dealkylation sites (tertiary alicyclic amines) is 1. The molecule has 1 N–H and O–H groups in total. The van der Waals surface area contributed by atoms with Gasteiger partial charge >= 0.3 is 0 Å². The average Bonchev–Trinajstić information content (AvgIpc) is 3.63. The van der Waals surface area contributed by atoms with Crippen molar-refractivity contribution < 1.29 is 14.3 Å². The minimum atomic E-state index is -0.367. The summed E-state index contributed by atoms with van der Waals surface area (Å²) < 4.78 is 15.5. The van der Waals surface area contributed by atoms with Crippen LogP contribution in [-0.2, 0) is 6.42 Å². The number of hydrogen-bond acceptors (Lipinski definition) is 9. The third kappa shape index (κ3) is 5.08. The molecule has 0 aliphatic carbocycles. The molecular weight excluding hydrogens is 555 g/mol. The van der Waals surface area contributed by atoms with E-state index in [0.717, 1.165) is 28.3 Å². The normalized spacial score (nSPS) is 13.8. The molecule has 5 heterocycles. The van der Waals surface area contributed by atoms with Gasteiger partial charge in [-0.1, -0.05) is 18.3 Å². The number of benzene rings is 1. The fourth-order valence-electron chi connectivity index (χ4n) is 5.06. The van der Waals surface area contributed by atoms with Crippen LogP contribution in [0, 0.1) is 17.1 Å². The number of aliphatic hydroxyl groups excluding tert-OH is 1. The predicted octanol–water partition coefficient (Wildman–Crippen LogP) is 4.85. The van der Waals surface area contributed by atoms with Gasteiger partial charge in [-0.25, -0.2) is 24.3 Å². The number of piperidine rings is 1. The minimum absolute atomic E-state index is 0.126. The zero-order valence-corrected chi connectivity index (χ0v) is 23.8. The molecule has 0 spiro atoms.